The van der Waals surface area contributed by atoms with Gasteiger partial charge in [-0.3, -0.25) is 9.59 Å². The molecule has 2 aromatic rings. The number of carbonyl (C=O) groups is 2. The molecule has 1 fully saturated rings. The fourth-order valence-electron chi connectivity index (χ4n) is 3.65. The first-order chi connectivity index (χ1) is 13.0. The van der Waals surface area contributed by atoms with Crippen LogP contribution >= 0.6 is 0 Å². The number of amides is 2. The van der Waals surface area contributed by atoms with Gasteiger partial charge < -0.3 is 10.2 Å². The van der Waals surface area contributed by atoms with E-state index in [2.05, 4.69) is 17.4 Å². The summed E-state index contributed by atoms with van der Waals surface area (Å²) in [6.45, 7) is 0.444. The van der Waals surface area contributed by atoms with E-state index in [1.165, 1.54) is 37.7 Å². The molecule has 0 bridgehead atoms. The molecule has 0 aliphatic heterocycles. The molecule has 0 unspecified atom stereocenters. The van der Waals surface area contributed by atoms with Crippen molar-refractivity contribution in [3.8, 4) is 0 Å². The zero-order chi connectivity index (χ0) is 19.2. The Morgan fingerprint density at radius 3 is 2.07 bits per heavy atom. The van der Waals surface area contributed by atoms with Crippen molar-refractivity contribution in [3.05, 3.63) is 70.8 Å². The molecule has 27 heavy (non-hydrogen) atoms. The third-order valence-corrected chi connectivity index (χ3v) is 5.31. The van der Waals surface area contributed by atoms with E-state index in [-0.39, 0.29) is 11.8 Å². The molecule has 0 spiro atoms. The van der Waals surface area contributed by atoms with Crippen LogP contribution in [0.1, 0.15) is 69.9 Å². The second kappa shape index (κ2) is 8.85. The van der Waals surface area contributed by atoms with E-state index in [9.17, 15) is 9.59 Å². The molecule has 0 saturated heterocycles. The first-order valence-corrected chi connectivity index (χ1v) is 9.73. The highest BCUT2D eigenvalue weighted by Gasteiger charge is 2.16. The Kier molecular flexibility index (Phi) is 6.28. The van der Waals surface area contributed by atoms with Crippen LogP contribution in [-0.2, 0) is 6.54 Å². The fourth-order valence-corrected chi connectivity index (χ4v) is 3.65. The van der Waals surface area contributed by atoms with Crippen LogP contribution in [0.5, 0.6) is 0 Å². The fraction of sp³-hybridized carbons (Fsp3) is 0.391. The molecule has 1 aliphatic carbocycles. The number of hydrogen-bond acceptors (Lipinski definition) is 2. The predicted molar refractivity (Wildman–Crippen MR) is 108 cm³/mol. The minimum absolute atomic E-state index is 0.0244. The minimum atomic E-state index is -0.0707. The van der Waals surface area contributed by atoms with Gasteiger partial charge in [-0.25, -0.2) is 0 Å². The number of carbonyl (C=O) groups excluding carboxylic acids is 2. The predicted octanol–water partition coefficient (Wildman–Crippen LogP) is 4.37. The van der Waals surface area contributed by atoms with Crippen molar-refractivity contribution in [1.29, 1.82) is 0 Å². The van der Waals surface area contributed by atoms with Crippen molar-refractivity contribution in [3.63, 3.8) is 0 Å². The van der Waals surface area contributed by atoms with Gasteiger partial charge in [0.2, 0.25) is 0 Å². The average Bonchev–Trinajstić information content (AvgIpc) is 2.72. The van der Waals surface area contributed by atoms with Gasteiger partial charge in [0.15, 0.2) is 0 Å². The van der Waals surface area contributed by atoms with E-state index < -0.39 is 0 Å². The summed E-state index contributed by atoms with van der Waals surface area (Å²) in [4.78, 5) is 25.9. The van der Waals surface area contributed by atoms with E-state index in [0.29, 0.717) is 23.6 Å². The molecular weight excluding hydrogens is 336 g/mol. The molecular formula is C23H28N2O2. The van der Waals surface area contributed by atoms with Gasteiger partial charge in [-0.2, -0.15) is 0 Å². The lowest BCUT2D eigenvalue weighted by Crippen LogP contribution is -2.23. The lowest BCUT2D eigenvalue weighted by molar-refractivity contribution is 0.0827. The summed E-state index contributed by atoms with van der Waals surface area (Å²) in [6.07, 6.45) is 6.49. The van der Waals surface area contributed by atoms with Gasteiger partial charge in [0.25, 0.3) is 11.8 Å². The van der Waals surface area contributed by atoms with E-state index in [4.69, 9.17) is 0 Å². The van der Waals surface area contributed by atoms with Crippen molar-refractivity contribution in [2.45, 2.75) is 44.6 Å². The van der Waals surface area contributed by atoms with Crippen molar-refractivity contribution in [2.24, 2.45) is 0 Å². The van der Waals surface area contributed by atoms with Crippen molar-refractivity contribution in [2.75, 3.05) is 14.1 Å². The van der Waals surface area contributed by atoms with Crippen LogP contribution in [0.2, 0.25) is 0 Å². The van der Waals surface area contributed by atoms with Gasteiger partial charge in [-0.15, -0.1) is 0 Å². The summed E-state index contributed by atoms with van der Waals surface area (Å²) in [5.74, 6) is 0.557. The molecule has 2 aromatic carbocycles. The maximum absolute atomic E-state index is 12.4. The maximum atomic E-state index is 12.4. The van der Waals surface area contributed by atoms with Gasteiger partial charge >= 0.3 is 0 Å². The van der Waals surface area contributed by atoms with Crippen LogP contribution in [0.3, 0.4) is 0 Å². The second-order valence-electron chi connectivity index (χ2n) is 7.54. The van der Waals surface area contributed by atoms with Crippen molar-refractivity contribution in [1.82, 2.24) is 10.2 Å². The largest absolute Gasteiger partial charge is 0.348 e. The van der Waals surface area contributed by atoms with Gasteiger partial charge in [-0.1, -0.05) is 43.5 Å². The molecule has 142 valence electrons. The lowest BCUT2D eigenvalue weighted by Gasteiger charge is -2.22. The lowest BCUT2D eigenvalue weighted by atomic mass is 9.84. The Hall–Kier alpha value is -2.62. The van der Waals surface area contributed by atoms with Crippen LogP contribution in [0.15, 0.2) is 48.5 Å². The summed E-state index contributed by atoms with van der Waals surface area (Å²) < 4.78 is 0. The first-order valence-electron chi connectivity index (χ1n) is 9.73. The number of hydrogen-bond donors (Lipinski definition) is 1. The molecule has 0 radical (unpaired) electrons. The third-order valence-electron chi connectivity index (χ3n) is 5.31. The van der Waals surface area contributed by atoms with Gasteiger partial charge in [-0.05, 0) is 54.2 Å². The quantitative estimate of drug-likeness (QED) is 0.857. The Balaban J connectivity index is 1.55. The molecule has 4 nitrogen and oxygen atoms in total. The highest BCUT2D eigenvalue weighted by molar-refractivity contribution is 5.94. The minimum Gasteiger partial charge on any atom is -0.348 e. The molecule has 0 heterocycles. The van der Waals surface area contributed by atoms with Crippen LogP contribution in [-0.4, -0.2) is 30.8 Å². The normalized spacial score (nSPS) is 14.6. The van der Waals surface area contributed by atoms with E-state index in [1.54, 1.807) is 31.1 Å². The maximum Gasteiger partial charge on any atom is 0.253 e. The summed E-state index contributed by atoms with van der Waals surface area (Å²) in [6, 6.07) is 15.4. The third kappa shape index (κ3) is 4.97. The second-order valence-corrected chi connectivity index (χ2v) is 7.54. The standard InChI is InChI=1S/C23H28N2O2/c1-25(2)23(27)21-10-8-17(9-11-21)16-24-22(26)20-14-12-19(13-15-20)18-6-4-3-5-7-18/h8-15,18H,3-7,16H2,1-2H3,(H,24,26). The van der Waals surface area contributed by atoms with Gasteiger partial charge in [0, 0.05) is 31.8 Å². The van der Waals surface area contributed by atoms with Crippen LogP contribution in [0.4, 0.5) is 0 Å². The van der Waals surface area contributed by atoms with Crippen LogP contribution in [0.25, 0.3) is 0 Å². The SMILES string of the molecule is CN(C)C(=O)c1ccc(CNC(=O)c2ccc(C3CCCCC3)cc2)cc1. The summed E-state index contributed by atoms with van der Waals surface area (Å²) in [5.41, 5.74) is 3.66. The number of rotatable bonds is 5. The zero-order valence-corrected chi connectivity index (χ0v) is 16.2. The van der Waals surface area contributed by atoms with Gasteiger partial charge in [0.05, 0.1) is 0 Å². The van der Waals surface area contributed by atoms with Crippen LogP contribution in [0, 0.1) is 0 Å². The Labute approximate surface area is 161 Å². The molecule has 1 aliphatic rings. The summed E-state index contributed by atoms with van der Waals surface area (Å²) >= 11 is 0. The number of nitrogens with zero attached hydrogens (tertiary/aromatic N) is 1. The average molecular weight is 364 g/mol. The highest BCUT2D eigenvalue weighted by atomic mass is 16.2. The Morgan fingerprint density at radius 1 is 0.889 bits per heavy atom. The topological polar surface area (TPSA) is 49.4 Å². The summed E-state index contributed by atoms with van der Waals surface area (Å²) in [5, 5.41) is 2.95. The Bertz CT molecular complexity index is 773. The van der Waals surface area contributed by atoms with Crippen molar-refractivity contribution < 1.29 is 9.59 Å². The summed E-state index contributed by atoms with van der Waals surface area (Å²) in [7, 11) is 3.46. The molecule has 0 aromatic heterocycles. The zero-order valence-electron chi connectivity index (χ0n) is 16.2. The molecule has 0 atom stereocenters. The van der Waals surface area contributed by atoms with Gasteiger partial charge in [0.1, 0.15) is 0 Å². The smallest absolute Gasteiger partial charge is 0.253 e. The highest BCUT2D eigenvalue weighted by Crippen LogP contribution is 2.32. The number of nitrogens with one attached hydrogen (secondary N) is 1. The molecule has 3 rings (SSSR count). The van der Waals surface area contributed by atoms with E-state index in [1.807, 2.05) is 24.3 Å². The molecule has 1 saturated carbocycles. The van der Waals surface area contributed by atoms with Crippen molar-refractivity contribution >= 4 is 11.8 Å². The number of benzene rings is 2. The molecule has 1 N–H and O–H groups in total. The molecule has 2 amide bonds. The van der Waals surface area contributed by atoms with E-state index >= 15 is 0 Å². The first kappa shape index (κ1) is 19.2. The van der Waals surface area contributed by atoms with Crippen LogP contribution < -0.4 is 5.32 Å². The monoisotopic (exact) mass is 364 g/mol. The van der Waals surface area contributed by atoms with E-state index in [0.717, 1.165) is 5.56 Å². The Morgan fingerprint density at radius 2 is 1.48 bits per heavy atom. The molecule has 4 heteroatoms.